The lowest BCUT2D eigenvalue weighted by molar-refractivity contribution is 0.0992. The minimum absolute atomic E-state index is 0.0813. The van der Waals surface area contributed by atoms with E-state index in [-0.39, 0.29) is 10.8 Å². The van der Waals surface area contributed by atoms with Gasteiger partial charge in [-0.2, -0.15) is 0 Å². The Hall–Kier alpha value is -2.18. The minimum Gasteiger partial charge on any atom is -0.311 e. The Kier molecular flexibility index (Phi) is 5.34. The van der Waals surface area contributed by atoms with Crippen LogP contribution in [0.25, 0.3) is 0 Å². The lowest BCUT2D eigenvalue weighted by Crippen LogP contribution is -2.40. The summed E-state index contributed by atoms with van der Waals surface area (Å²) < 4.78 is 27.7. The van der Waals surface area contributed by atoms with E-state index in [2.05, 4.69) is 4.72 Å². The molecule has 25 heavy (non-hydrogen) atoms. The molecule has 5 nitrogen and oxygen atoms in total. The molecule has 0 unspecified atom stereocenters. The van der Waals surface area contributed by atoms with Crippen LogP contribution in [0.2, 0.25) is 0 Å². The van der Waals surface area contributed by atoms with Gasteiger partial charge in [-0.25, -0.2) is 13.1 Å². The van der Waals surface area contributed by atoms with Gasteiger partial charge in [0, 0.05) is 23.8 Å². The number of aryl methyl sites for hydroxylation is 1. The van der Waals surface area contributed by atoms with E-state index >= 15 is 0 Å². The fourth-order valence-corrected chi connectivity index (χ4v) is 3.85. The van der Waals surface area contributed by atoms with Gasteiger partial charge in [-0.15, -0.1) is 0 Å². The van der Waals surface area contributed by atoms with E-state index in [0.717, 1.165) is 11.3 Å². The third kappa shape index (κ3) is 4.67. The second-order valence-electron chi connectivity index (χ2n) is 7.03. The molecule has 134 valence electrons. The Morgan fingerprint density at radius 1 is 1.04 bits per heavy atom. The summed E-state index contributed by atoms with van der Waals surface area (Å²) in [6.45, 7) is 7.11. The van der Waals surface area contributed by atoms with Crippen molar-refractivity contribution in [2.45, 2.75) is 38.1 Å². The molecular weight excluding hydrogens is 336 g/mol. The van der Waals surface area contributed by atoms with Crippen LogP contribution in [0.3, 0.4) is 0 Å². The standard InChI is InChI=1S/C19H24N2O3S/c1-14-11-12-16(25(23,24)20-19(2,3)4)13-17(14)18(22)21(5)15-9-7-6-8-10-15/h6-13,20H,1-5H3. The first-order valence-corrected chi connectivity index (χ1v) is 9.47. The van der Waals surface area contributed by atoms with Gasteiger partial charge in [0.15, 0.2) is 0 Å². The molecule has 0 spiro atoms. The number of amides is 1. The Balaban J connectivity index is 2.41. The van der Waals surface area contributed by atoms with Gasteiger partial charge in [-0.3, -0.25) is 4.79 Å². The molecule has 0 fully saturated rings. The molecule has 0 aliphatic carbocycles. The van der Waals surface area contributed by atoms with Gasteiger partial charge in [0.05, 0.1) is 4.90 Å². The van der Waals surface area contributed by atoms with Crippen molar-refractivity contribution < 1.29 is 13.2 Å². The summed E-state index contributed by atoms with van der Waals surface area (Å²) in [5, 5.41) is 0. The SMILES string of the molecule is Cc1ccc(S(=O)(=O)NC(C)(C)C)cc1C(=O)N(C)c1ccccc1. The molecule has 2 aromatic rings. The van der Waals surface area contributed by atoms with Crippen molar-refractivity contribution >= 4 is 21.6 Å². The minimum atomic E-state index is -3.70. The van der Waals surface area contributed by atoms with Gasteiger partial charge in [0.25, 0.3) is 5.91 Å². The Morgan fingerprint density at radius 2 is 1.64 bits per heavy atom. The van der Waals surface area contributed by atoms with Crippen molar-refractivity contribution in [2.24, 2.45) is 0 Å². The van der Waals surface area contributed by atoms with Crippen LogP contribution in [0.5, 0.6) is 0 Å². The number of benzene rings is 2. The largest absolute Gasteiger partial charge is 0.311 e. The van der Waals surface area contributed by atoms with E-state index < -0.39 is 15.6 Å². The first-order valence-electron chi connectivity index (χ1n) is 7.99. The van der Waals surface area contributed by atoms with E-state index in [1.165, 1.54) is 17.0 Å². The Morgan fingerprint density at radius 3 is 2.20 bits per heavy atom. The molecule has 0 heterocycles. The van der Waals surface area contributed by atoms with Crippen molar-refractivity contribution in [1.29, 1.82) is 0 Å². The summed E-state index contributed by atoms with van der Waals surface area (Å²) in [6.07, 6.45) is 0. The maximum absolute atomic E-state index is 12.8. The van der Waals surface area contributed by atoms with Gasteiger partial charge in [0.1, 0.15) is 0 Å². The second kappa shape index (κ2) is 6.98. The zero-order chi connectivity index (χ0) is 18.8. The van der Waals surface area contributed by atoms with Crippen LogP contribution >= 0.6 is 0 Å². The molecule has 0 aromatic heterocycles. The zero-order valence-corrected chi connectivity index (χ0v) is 16.0. The highest BCUT2D eigenvalue weighted by molar-refractivity contribution is 7.89. The van der Waals surface area contributed by atoms with E-state index in [0.29, 0.717) is 5.56 Å². The maximum atomic E-state index is 12.8. The number of sulfonamides is 1. The molecule has 0 bridgehead atoms. The molecule has 0 aliphatic rings. The van der Waals surface area contributed by atoms with Crippen molar-refractivity contribution in [3.05, 3.63) is 59.7 Å². The smallest absolute Gasteiger partial charge is 0.258 e. The summed E-state index contributed by atoms with van der Waals surface area (Å²) in [6, 6.07) is 13.8. The Labute approximate surface area is 149 Å². The molecule has 2 aromatic carbocycles. The third-order valence-corrected chi connectivity index (χ3v) is 5.39. The predicted molar refractivity (Wildman–Crippen MR) is 100 cm³/mol. The topological polar surface area (TPSA) is 66.5 Å². The number of carbonyl (C=O) groups is 1. The van der Waals surface area contributed by atoms with Crippen LogP contribution < -0.4 is 9.62 Å². The summed E-state index contributed by atoms with van der Waals surface area (Å²) in [4.78, 5) is 14.4. The number of anilines is 1. The molecule has 0 saturated heterocycles. The fourth-order valence-electron chi connectivity index (χ4n) is 2.41. The van der Waals surface area contributed by atoms with Gasteiger partial charge in [0.2, 0.25) is 10.0 Å². The summed E-state index contributed by atoms with van der Waals surface area (Å²) >= 11 is 0. The van der Waals surface area contributed by atoms with Gasteiger partial charge >= 0.3 is 0 Å². The summed E-state index contributed by atoms with van der Waals surface area (Å²) in [7, 11) is -2.03. The molecule has 0 aliphatic heterocycles. The molecule has 2 rings (SSSR count). The van der Waals surface area contributed by atoms with Gasteiger partial charge in [-0.05, 0) is 57.5 Å². The fraction of sp³-hybridized carbons (Fsp3) is 0.316. The quantitative estimate of drug-likeness (QED) is 0.909. The lowest BCUT2D eigenvalue weighted by atomic mass is 10.1. The van der Waals surface area contributed by atoms with E-state index in [9.17, 15) is 13.2 Å². The van der Waals surface area contributed by atoms with Crippen LogP contribution in [-0.4, -0.2) is 26.9 Å². The van der Waals surface area contributed by atoms with Crippen molar-refractivity contribution in [3.63, 3.8) is 0 Å². The van der Waals surface area contributed by atoms with Crippen LogP contribution in [0.1, 0.15) is 36.7 Å². The number of para-hydroxylation sites is 1. The molecule has 1 amide bonds. The summed E-state index contributed by atoms with van der Waals surface area (Å²) in [5.74, 6) is -0.253. The highest BCUT2D eigenvalue weighted by Gasteiger charge is 2.24. The summed E-state index contributed by atoms with van der Waals surface area (Å²) in [5.41, 5.74) is 1.23. The van der Waals surface area contributed by atoms with Crippen LogP contribution in [-0.2, 0) is 10.0 Å². The van der Waals surface area contributed by atoms with Crippen LogP contribution in [0.15, 0.2) is 53.4 Å². The normalized spacial score (nSPS) is 12.0. The molecule has 0 radical (unpaired) electrons. The number of carbonyl (C=O) groups excluding carboxylic acids is 1. The number of hydrogen-bond acceptors (Lipinski definition) is 3. The van der Waals surface area contributed by atoms with Crippen molar-refractivity contribution in [1.82, 2.24) is 4.72 Å². The van der Waals surface area contributed by atoms with E-state index in [1.807, 2.05) is 30.3 Å². The monoisotopic (exact) mass is 360 g/mol. The zero-order valence-electron chi connectivity index (χ0n) is 15.2. The predicted octanol–water partition coefficient (Wildman–Crippen LogP) is 3.35. The van der Waals surface area contributed by atoms with Gasteiger partial charge < -0.3 is 4.90 Å². The molecule has 0 saturated carbocycles. The third-order valence-electron chi connectivity index (χ3n) is 3.64. The number of nitrogens with zero attached hydrogens (tertiary/aromatic N) is 1. The second-order valence-corrected chi connectivity index (χ2v) is 8.71. The molecule has 6 heteroatoms. The average molecular weight is 360 g/mol. The number of hydrogen-bond donors (Lipinski definition) is 1. The molecule has 1 N–H and O–H groups in total. The van der Waals surface area contributed by atoms with Crippen molar-refractivity contribution in [2.75, 3.05) is 11.9 Å². The molecular formula is C19H24N2O3S. The van der Waals surface area contributed by atoms with E-state index in [1.54, 1.807) is 40.8 Å². The van der Waals surface area contributed by atoms with Crippen LogP contribution in [0, 0.1) is 6.92 Å². The number of nitrogens with one attached hydrogen (secondary N) is 1. The Bertz CT molecular complexity index is 869. The highest BCUT2D eigenvalue weighted by Crippen LogP contribution is 2.21. The number of rotatable bonds is 4. The lowest BCUT2D eigenvalue weighted by Gasteiger charge is -2.22. The first kappa shape index (κ1) is 19.1. The van der Waals surface area contributed by atoms with Crippen molar-refractivity contribution in [3.8, 4) is 0 Å². The maximum Gasteiger partial charge on any atom is 0.258 e. The highest BCUT2D eigenvalue weighted by atomic mass is 32.2. The average Bonchev–Trinajstić information content (AvgIpc) is 2.52. The van der Waals surface area contributed by atoms with E-state index in [4.69, 9.17) is 0 Å². The molecule has 0 atom stereocenters. The first-order chi connectivity index (χ1) is 11.5. The van der Waals surface area contributed by atoms with Gasteiger partial charge in [-0.1, -0.05) is 24.3 Å². The van der Waals surface area contributed by atoms with Crippen LogP contribution in [0.4, 0.5) is 5.69 Å².